The van der Waals surface area contributed by atoms with Crippen LogP contribution in [0.15, 0.2) is 24.3 Å². The zero-order valence-electron chi connectivity index (χ0n) is 11.1. The monoisotopic (exact) mass is 294 g/mol. The Bertz CT molecular complexity index is 370. The number of benzene rings is 1. The Morgan fingerprint density at radius 2 is 2.06 bits per heavy atom. The molecule has 1 aromatic rings. The van der Waals surface area contributed by atoms with E-state index in [4.69, 9.17) is 0 Å². The highest BCUT2D eigenvalue weighted by Gasteiger charge is 2.31. The Morgan fingerprint density at radius 1 is 1.29 bits per heavy atom. The lowest BCUT2D eigenvalue weighted by atomic mass is 9.88. The zero-order valence-corrected chi connectivity index (χ0v) is 12.7. The third-order valence-electron chi connectivity index (χ3n) is 3.98. The molecule has 3 unspecified atom stereocenters. The molecule has 1 saturated carbocycles. The van der Waals surface area contributed by atoms with E-state index in [1.165, 1.54) is 24.8 Å². The molecule has 1 fully saturated rings. The molecule has 2 rings (SSSR count). The van der Waals surface area contributed by atoms with E-state index in [2.05, 4.69) is 61.0 Å². The van der Waals surface area contributed by atoms with Crippen molar-refractivity contribution in [3.8, 4) is 0 Å². The van der Waals surface area contributed by atoms with E-state index in [9.17, 15) is 0 Å². The third-order valence-corrected chi connectivity index (χ3v) is 5.27. The fraction of sp³-hybridized carbons (Fsp3) is 0.625. The van der Waals surface area contributed by atoms with Crippen LogP contribution in [0.2, 0.25) is 0 Å². The molecule has 1 aromatic carbocycles. The van der Waals surface area contributed by atoms with E-state index >= 15 is 0 Å². The molecule has 1 aliphatic carbocycles. The van der Waals surface area contributed by atoms with Gasteiger partial charge in [0.15, 0.2) is 0 Å². The van der Waals surface area contributed by atoms with E-state index in [0.29, 0.717) is 4.83 Å². The second kappa shape index (κ2) is 5.56. The predicted molar refractivity (Wildman–Crippen MR) is 78.8 cm³/mol. The van der Waals surface area contributed by atoms with Crippen molar-refractivity contribution in [1.82, 2.24) is 0 Å². The quantitative estimate of drug-likeness (QED) is 0.675. The maximum atomic E-state index is 3.80. The van der Waals surface area contributed by atoms with Crippen LogP contribution in [-0.2, 0) is 6.42 Å². The molecule has 0 aromatic heterocycles. The van der Waals surface area contributed by atoms with Gasteiger partial charge in [-0.25, -0.2) is 0 Å². The summed E-state index contributed by atoms with van der Waals surface area (Å²) in [6.45, 7) is 6.96. The SMILES string of the molecule is CC(C)Cc1cccc(C2CCC(Br)C2C)c1. The Hall–Kier alpha value is -0.300. The molecule has 0 aliphatic heterocycles. The van der Waals surface area contributed by atoms with Gasteiger partial charge in [0.05, 0.1) is 0 Å². The molecule has 3 atom stereocenters. The second-order valence-corrected chi connectivity index (χ2v) is 7.08. The summed E-state index contributed by atoms with van der Waals surface area (Å²) in [5.74, 6) is 2.27. The van der Waals surface area contributed by atoms with Gasteiger partial charge in [-0.2, -0.15) is 0 Å². The first kappa shape index (κ1) is 13.1. The van der Waals surface area contributed by atoms with Crippen molar-refractivity contribution < 1.29 is 0 Å². The van der Waals surface area contributed by atoms with Gasteiger partial charge in [-0.3, -0.25) is 0 Å². The van der Waals surface area contributed by atoms with Crippen molar-refractivity contribution in [2.24, 2.45) is 11.8 Å². The zero-order chi connectivity index (χ0) is 12.4. The summed E-state index contributed by atoms with van der Waals surface area (Å²) in [6.07, 6.45) is 3.86. The summed E-state index contributed by atoms with van der Waals surface area (Å²) in [5.41, 5.74) is 3.06. The van der Waals surface area contributed by atoms with Gasteiger partial charge >= 0.3 is 0 Å². The molecule has 1 heteroatoms. The molecule has 0 heterocycles. The molecule has 17 heavy (non-hydrogen) atoms. The molecule has 0 spiro atoms. The van der Waals surface area contributed by atoms with Gasteiger partial charge in [0.2, 0.25) is 0 Å². The largest absolute Gasteiger partial charge is 0.0888 e. The van der Waals surface area contributed by atoms with Gasteiger partial charge in [-0.15, -0.1) is 0 Å². The van der Waals surface area contributed by atoms with Crippen LogP contribution in [0.5, 0.6) is 0 Å². The van der Waals surface area contributed by atoms with Crippen molar-refractivity contribution in [3.63, 3.8) is 0 Å². The van der Waals surface area contributed by atoms with Crippen LogP contribution >= 0.6 is 15.9 Å². The van der Waals surface area contributed by atoms with E-state index in [1.54, 1.807) is 5.56 Å². The molecule has 0 radical (unpaired) electrons. The van der Waals surface area contributed by atoms with E-state index in [0.717, 1.165) is 17.8 Å². The van der Waals surface area contributed by atoms with E-state index in [1.807, 2.05) is 0 Å². The summed E-state index contributed by atoms with van der Waals surface area (Å²) >= 11 is 3.80. The molecule has 0 amide bonds. The molecule has 1 aliphatic rings. The number of hydrogen-bond donors (Lipinski definition) is 0. The lowest BCUT2D eigenvalue weighted by molar-refractivity contribution is 0.543. The predicted octanol–water partition coefficient (Wildman–Crippen LogP) is 5.16. The minimum absolute atomic E-state index is 0.709. The normalized spacial score (nSPS) is 28.9. The summed E-state index contributed by atoms with van der Waals surface area (Å²) in [4.78, 5) is 0.709. The maximum absolute atomic E-state index is 3.80. The molecule has 0 nitrogen and oxygen atoms in total. The van der Waals surface area contributed by atoms with Crippen LogP contribution < -0.4 is 0 Å². The minimum Gasteiger partial charge on any atom is -0.0888 e. The molecular formula is C16H23Br. The average Bonchev–Trinajstić information content (AvgIpc) is 2.59. The highest BCUT2D eigenvalue weighted by atomic mass is 79.9. The van der Waals surface area contributed by atoms with Crippen molar-refractivity contribution in [3.05, 3.63) is 35.4 Å². The highest BCUT2D eigenvalue weighted by Crippen LogP contribution is 2.43. The summed E-state index contributed by atoms with van der Waals surface area (Å²) in [6, 6.07) is 9.26. The van der Waals surface area contributed by atoms with Gasteiger partial charge in [0, 0.05) is 4.83 Å². The van der Waals surface area contributed by atoms with Gasteiger partial charge in [0.1, 0.15) is 0 Å². The Labute approximate surface area is 114 Å². The van der Waals surface area contributed by atoms with E-state index < -0.39 is 0 Å². The molecule has 0 saturated heterocycles. The minimum atomic E-state index is 0.709. The summed E-state index contributed by atoms with van der Waals surface area (Å²) < 4.78 is 0. The van der Waals surface area contributed by atoms with Gasteiger partial charge < -0.3 is 0 Å². The maximum Gasteiger partial charge on any atom is 0.0177 e. The highest BCUT2D eigenvalue weighted by molar-refractivity contribution is 9.09. The van der Waals surface area contributed by atoms with Gasteiger partial charge in [-0.05, 0) is 48.1 Å². The first-order valence-corrected chi connectivity index (χ1v) is 7.72. The van der Waals surface area contributed by atoms with Crippen molar-refractivity contribution in [2.45, 2.75) is 50.8 Å². The number of rotatable bonds is 3. The van der Waals surface area contributed by atoms with Crippen LogP contribution in [0.1, 0.15) is 50.7 Å². The first-order valence-electron chi connectivity index (χ1n) is 6.81. The number of hydrogen-bond acceptors (Lipinski definition) is 0. The summed E-state index contributed by atoms with van der Waals surface area (Å²) in [5, 5.41) is 0. The van der Waals surface area contributed by atoms with Crippen LogP contribution in [0.25, 0.3) is 0 Å². The summed E-state index contributed by atoms with van der Waals surface area (Å²) in [7, 11) is 0. The fourth-order valence-corrected chi connectivity index (χ4v) is 3.64. The van der Waals surface area contributed by atoms with Crippen LogP contribution in [0.4, 0.5) is 0 Å². The number of halogens is 1. The fourth-order valence-electron chi connectivity index (χ4n) is 3.01. The second-order valence-electron chi connectivity index (χ2n) is 5.90. The lowest BCUT2D eigenvalue weighted by Crippen LogP contribution is -2.09. The van der Waals surface area contributed by atoms with Crippen LogP contribution in [0.3, 0.4) is 0 Å². The Morgan fingerprint density at radius 3 is 2.65 bits per heavy atom. The topological polar surface area (TPSA) is 0 Å². The average molecular weight is 295 g/mol. The number of alkyl halides is 1. The standard InChI is InChI=1S/C16H23Br/c1-11(2)9-13-5-4-6-14(10-13)15-7-8-16(17)12(15)3/h4-6,10-12,15-16H,7-9H2,1-3H3. The van der Waals surface area contributed by atoms with Crippen molar-refractivity contribution >= 4 is 15.9 Å². The lowest BCUT2D eigenvalue weighted by Gasteiger charge is -2.19. The molecular weight excluding hydrogens is 272 g/mol. The Kier molecular flexibility index (Phi) is 4.30. The van der Waals surface area contributed by atoms with Gasteiger partial charge in [-0.1, -0.05) is 61.0 Å². The Balaban J connectivity index is 2.16. The molecule has 0 N–H and O–H groups in total. The van der Waals surface area contributed by atoms with E-state index in [-0.39, 0.29) is 0 Å². The van der Waals surface area contributed by atoms with Crippen molar-refractivity contribution in [2.75, 3.05) is 0 Å². The van der Waals surface area contributed by atoms with Crippen molar-refractivity contribution in [1.29, 1.82) is 0 Å². The van der Waals surface area contributed by atoms with Crippen LogP contribution in [-0.4, -0.2) is 4.83 Å². The third kappa shape index (κ3) is 3.13. The molecule has 0 bridgehead atoms. The van der Waals surface area contributed by atoms with Gasteiger partial charge in [0.25, 0.3) is 0 Å². The smallest absolute Gasteiger partial charge is 0.0177 e. The first-order chi connectivity index (χ1) is 8.08. The molecule has 94 valence electrons. The van der Waals surface area contributed by atoms with Crippen LogP contribution in [0, 0.1) is 11.8 Å².